The highest BCUT2D eigenvalue weighted by Gasteiger charge is 2.32. The third kappa shape index (κ3) is 6.47. The molecule has 0 spiro atoms. The van der Waals surface area contributed by atoms with Crippen molar-refractivity contribution in [2.45, 2.75) is 19.3 Å². The average Bonchev–Trinajstić information content (AvgIpc) is 2.77. The largest absolute Gasteiger partial charge is 0.483 e. The van der Waals surface area contributed by atoms with Gasteiger partial charge in [-0.3, -0.25) is 19.4 Å². The van der Waals surface area contributed by atoms with Crippen molar-refractivity contribution in [3.8, 4) is 0 Å². The van der Waals surface area contributed by atoms with Gasteiger partial charge in [-0.15, -0.1) is 5.06 Å². The van der Waals surface area contributed by atoms with Crippen molar-refractivity contribution in [1.82, 2.24) is 10.5 Å². The number of hydroxylamine groups is 3. The van der Waals surface area contributed by atoms with Crippen LogP contribution in [0, 0.1) is 0 Å². The summed E-state index contributed by atoms with van der Waals surface area (Å²) in [6.45, 7) is 0.882. The summed E-state index contributed by atoms with van der Waals surface area (Å²) in [6, 6.07) is 0. The van der Waals surface area contributed by atoms with Crippen molar-refractivity contribution in [2.24, 2.45) is 4.99 Å². The van der Waals surface area contributed by atoms with Gasteiger partial charge in [0.1, 0.15) is 0 Å². The number of hydrogen-bond acceptors (Lipinski definition) is 9. The number of rotatable bonds is 10. The number of carbonyl (C=O) groups excluding carboxylic acids is 4. The molecule has 0 aromatic heterocycles. The highest BCUT2D eigenvalue weighted by Crippen LogP contribution is 2.12. The second kappa shape index (κ2) is 9.42. The Morgan fingerprint density at radius 1 is 1.33 bits per heavy atom. The van der Waals surface area contributed by atoms with Crippen LogP contribution in [0.25, 0.3) is 0 Å². The minimum Gasteiger partial charge on any atom is -0.483 e. The molecule has 116 valence electrons. The van der Waals surface area contributed by atoms with Gasteiger partial charge in [0.25, 0.3) is 11.8 Å². The molecule has 1 rings (SSSR count). The molecule has 0 saturated carbocycles. The first-order valence-electron chi connectivity index (χ1n) is 6.13. The first-order chi connectivity index (χ1) is 10.1. The Hall–Kier alpha value is -2.49. The first-order valence-corrected chi connectivity index (χ1v) is 6.13. The summed E-state index contributed by atoms with van der Waals surface area (Å²) in [6.07, 6.45) is 1.12. The monoisotopic (exact) mass is 301 g/mol. The summed E-state index contributed by atoms with van der Waals surface area (Å²) in [5.74, 6) is -1.80. The summed E-state index contributed by atoms with van der Waals surface area (Å²) in [5, 5.41) is 0.481. The minimum absolute atomic E-state index is 0.00315. The predicted molar refractivity (Wildman–Crippen MR) is 66.3 cm³/mol. The van der Waals surface area contributed by atoms with Gasteiger partial charge in [-0.25, -0.2) is 4.79 Å². The van der Waals surface area contributed by atoms with E-state index in [1.54, 1.807) is 0 Å². The fraction of sp³-hybridized carbons (Fsp3) is 0.545. The molecule has 10 heteroatoms. The first kappa shape index (κ1) is 16.6. The molecule has 0 aromatic rings. The molecule has 0 unspecified atom stereocenters. The lowest BCUT2D eigenvalue weighted by Crippen LogP contribution is -2.32. The van der Waals surface area contributed by atoms with E-state index in [9.17, 15) is 19.2 Å². The number of nitrogens with zero attached hydrogens (tertiary/aromatic N) is 2. The molecule has 0 aromatic carbocycles. The summed E-state index contributed by atoms with van der Waals surface area (Å²) in [5.41, 5.74) is 2.31. The molecule has 0 radical (unpaired) electrons. The van der Waals surface area contributed by atoms with E-state index in [1.165, 1.54) is 0 Å². The molecule has 1 aliphatic heterocycles. The molecule has 0 bridgehead atoms. The molecule has 1 N–H and O–H groups in total. The number of nitrogens with one attached hydrogen (secondary N) is 1. The van der Waals surface area contributed by atoms with Gasteiger partial charge in [-0.1, -0.05) is 0 Å². The normalized spacial score (nSPS) is 14.6. The van der Waals surface area contributed by atoms with Crippen LogP contribution < -0.4 is 5.48 Å². The Bertz CT molecular complexity index is 408. The van der Waals surface area contributed by atoms with E-state index < -0.39 is 17.8 Å². The molecule has 10 nitrogen and oxygen atoms in total. The van der Waals surface area contributed by atoms with Crippen molar-refractivity contribution < 1.29 is 33.6 Å². The zero-order valence-electron chi connectivity index (χ0n) is 11.1. The molecule has 1 heterocycles. The second-order valence-corrected chi connectivity index (χ2v) is 3.79. The van der Waals surface area contributed by atoms with Gasteiger partial charge in [-0.2, -0.15) is 5.48 Å². The van der Waals surface area contributed by atoms with E-state index in [2.05, 4.69) is 20.1 Å². The number of hydrogen-bond donors (Lipinski definition) is 1. The quantitative estimate of drug-likeness (QED) is 0.132. The molecular formula is C11H15N3O7. The van der Waals surface area contributed by atoms with E-state index in [0.29, 0.717) is 18.2 Å². The van der Waals surface area contributed by atoms with E-state index >= 15 is 0 Å². The Labute approximate surface area is 119 Å². The molecule has 1 fully saturated rings. The van der Waals surface area contributed by atoms with Crippen LogP contribution in [0.5, 0.6) is 0 Å². The van der Waals surface area contributed by atoms with Crippen LogP contribution in [-0.2, 0) is 33.6 Å². The lowest BCUT2D eigenvalue weighted by molar-refractivity contribution is -0.197. The van der Waals surface area contributed by atoms with E-state index in [1.807, 2.05) is 0 Å². The van der Waals surface area contributed by atoms with Gasteiger partial charge < -0.3 is 14.4 Å². The molecule has 0 aliphatic carbocycles. The zero-order valence-corrected chi connectivity index (χ0v) is 11.1. The maximum Gasteiger partial charge on any atom is 0.336 e. The summed E-state index contributed by atoms with van der Waals surface area (Å²) in [4.78, 5) is 56.1. The van der Waals surface area contributed by atoms with Crippen LogP contribution >= 0.6 is 0 Å². The van der Waals surface area contributed by atoms with Crippen molar-refractivity contribution in [2.75, 3.05) is 19.7 Å². The van der Waals surface area contributed by atoms with Crippen molar-refractivity contribution in [3.05, 3.63) is 0 Å². The molecule has 1 saturated heterocycles. The van der Waals surface area contributed by atoms with Gasteiger partial charge in [0.15, 0.2) is 6.40 Å². The molecular weight excluding hydrogens is 286 g/mol. The van der Waals surface area contributed by atoms with Crippen molar-refractivity contribution in [1.29, 1.82) is 0 Å². The van der Waals surface area contributed by atoms with Crippen LogP contribution in [0.1, 0.15) is 19.3 Å². The number of aliphatic imine (C=N–C) groups is 1. The number of imide groups is 1. The average molecular weight is 301 g/mol. The number of carbonyl (C=O) groups is 4. The lowest BCUT2D eigenvalue weighted by Gasteiger charge is -2.12. The fourth-order valence-electron chi connectivity index (χ4n) is 1.31. The van der Waals surface area contributed by atoms with Crippen molar-refractivity contribution in [3.63, 3.8) is 0 Å². The highest BCUT2D eigenvalue weighted by atomic mass is 16.7. The predicted octanol–water partition coefficient (Wildman–Crippen LogP) is -1.29. The third-order valence-corrected chi connectivity index (χ3v) is 2.25. The maximum atomic E-state index is 11.3. The van der Waals surface area contributed by atoms with Crippen molar-refractivity contribution >= 4 is 30.7 Å². The molecule has 1 aliphatic rings. The fourth-order valence-corrected chi connectivity index (χ4v) is 1.31. The van der Waals surface area contributed by atoms with E-state index in [0.717, 1.165) is 6.40 Å². The Morgan fingerprint density at radius 2 is 2.05 bits per heavy atom. The van der Waals surface area contributed by atoms with Crippen LogP contribution in [-0.4, -0.2) is 55.4 Å². The van der Waals surface area contributed by atoms with Gasteiger partial charge in [0, 0.05) is 12.8 Å². The SMILES string of the molecule is O=CONCC/N=C/OCCC(=O)ON1C(=O)CCC1=O. The Morgan fingerprint density at radius 3 is 2.71 bits per heavy atom. The van der Waals surface area contributed by atoms with Crippen LogP contribution in [0.4, 0.5) is 0 Å². The zero-order chi connectivity index (χ0) is 15.5. The summed E-state index contributed by atoms with van der Waals surface area (Å²) in [7, 11) is 0. The van der Waals surface area contributed by atoms with E-state index in [-0.39, 0.29) is 32.3 Å². The van der Waals surface area contributed by atoms with Gasteiger partial charge in [0.2, 0.25) is 0 Å². The van der Waals surface area contributed by atoms with Gasteiger partial charge in [-0.05, 0) is 0 Å². The Balaban J connectivity index is 2.05. The topological polar surface area (TPSA) is 124 Å². The van der Waals surface area contributed by atoms with Crippen LogP contribution in [0.15, 0.2) is 4.99 Å². The Kier molecular flexibility index (Phi) is 7.43. The molecule has 2 amide bonds. The minimum atomic E-state index is -0.743. The number of amides is 2. The summed E-state index contributed by atoms with van der Waals surface area (Å²) < 4.78 is 4.91. The number of ether oxygens (including phenoxy) is 1. The summed E-state index contributed by atoms with van der Waals surface area (Å²) >= 11 is 0. The van der Waals surface area contributed by atoms with Gasteiger partial charge >= 0.3 is 12.4 Å². The molecule has 0 atom stereocenters. The van der Waals surface area contributed by atoms with Crippen LogP contribution in [0.3, 0.4) is 0 Å². The standard InChI is InChI=1S/C11H15N3O7/c15-8-20-13-5-4-12-7-19-6-3-11(18)21-14-9(16)1-2-10(14)17/h7-8,13H,1-6H2/b12-7+. The third-order valence-electron chi connectivity index (χ3n) is 2.25. The lowest BCUT2D eigenvalue weighted by atomic mass is 10.4. The van der Waals surface area contributed by atoms with Crippen LogP contribution in [0.2, 0.25) is 0 Å². The van der Waals surface area contributed by atoms with E-state index in [4.69, 9.17) is 4.74 Å². The van der Waals surface area contributed by atoms with Gasteiger partial charge in [0.05, 0.1) is 26.1 Å². The molecule has 21 heavy (non-hydrogen) atoms. The smallest absolute Gasteiger partial charge is 0.336 e. The highest BCUT2D eigenvalue weighted by molar-refractivity contribution is 6.01. The second-order valence-electron chi connectivity index (χ2n) is 3.79. The maximum absolute atomic E-state index is 11.3.